The number of aromatic nitrogens is 3. The topological polar surface area (TPSA) is 101 Å². The highest BCUT2D eigenvalue weighted by Gasteiger charge is 2.32. The van der Waals surface area contributed by atoms with Gasteiger partial charge in [0.1, 0.15) is 6.54 Å². The van der Waals surface area contributed by atoms with E-state index < -0.39 is 55.1 Å². The zero-order chi connectivity index (χ0) is 31.1. The second-order valence-electron chi connectivity index (χ2n) is 9.37. The van der Waals surface area contributed by atoms with Crippen molar-refractivity contribution in [1.82, 2.24) is 29.9 Å². The van der Waals surface area contributed by atoms with Crippen molar-refractivity contribution in [3.8, 4) is 11.4 Å². The van der Waals surface area contributed by atoms with Gasteiger partial charge in [-0.3, -0.25) is 14.2 Å². The minimum Gasteiger partial charge on any atom is -0.357 e. The van der Waals surface area contributed by atoms with Gasteiger partial charge >= 0.3 is 18.0 Å². The Kier molecular flexibility index (Phi) is 10.8. The normalized spacial score (nSPS) is 12.8. The van der Waals surface area contributed by atoms with Crippen molar-refractivity contribution < 1.29 is 35.9 Å². The van der Waals surface area contributed by atoms with Crippen molar-refractivity contribution in [2.75, 3.05) is 26.7 Å². The van der Waals surface area contributed by atoms with E-state index in [4.69, 9.17) is 11.6 Å². The Hall–Kier alpha value is -3.85. The summed E-state index contributed by atoms with van der Waals surface area (Å²) in [4.78, 5) is 38.3. The molecule has 16 heteroatoms. The predicted molar refractivity (Wildman–Crippen MR) is 141 cm³/mol. The number of halogens is 7. The number of carbonyl (C=O) groups is 2. The monoisotopic (exact) mass is 620 g/mol. The first-order valence-electron chi connectivity index (χ1n) is 12.5. The van der Waals surface area contributed by atoms with Crippen LogP contribution >= 0.6 is 11.6 Å². The van der Waals surface area contributed by atoms with Gasteiger partial charge < -0.3 is 15.5 Å². The number of nitrogens with one attached hydrogen (secondary N) is 2. The molecule has 0 radical (unpaired) electrons. The van der Waals surface area contributed by atoms with Crippen molar-refractivity contribution in [1.29, 1.82) is 0 Å². The summed E-state index contributed by atoms with van der Waals surface area (Å²) in [6, 6.07) is 9.20. The van der Waals surface area contributed by atoms with E-state index in [2.05, 4.69) is 15.7 Å². The van der Waals surface area contributed by atoms with E-state index in [0.717, 1.165) is 16.7 Å². The number of carbonyl (C=O) groups excluding carboxylic acids is 2. The van der Waals surface area contributed by atoms with E-state index in [0.29, 0.717) is 22.7 Å². The van der Waals surface area contributed by atoms with E-state index in [1.165, 1.54) is 36.4 Å². The first-order valence-corrected chi connectivity index (χ1v) is 12.9. The molecule has 3 aromatic rings. The fourth-order valence-corrected chi connectivity index (χ4v) is 4.18. The fourth-order valence-electron chi connectivity index (χ4n) is 4.06. The lowest BCUT2D eigenvalue weighted by Crippen LogP contribution is -2.41. The molecular weight excluding hydrogens is 594 g/mol. The van der Waals surface area contributed by atoms with Gasteiger partial charge in [-0.2, -0.15) is 26.3 Å². The van der Waals surface area contributed by atoms with Crippen LogP contribution in [0.4, 0.5) is 26.3 Å². The summed E-state index contributed by atoms with van der Waals surface area (Å²) in [5, 5.41) is 9.48. The molecule has 2 aromatic carbocycles. The molecule has 0 bridgehead atoms. The summed E-state index contributed by atoms with van der Waals surface area (Å²) in [6.45, 7) is -0.906. The maximum Gasteiger partial charge on any atom is 0.416 e. The Balaban J connectivity index is 1.90. The highest BCUT2D eigenvalue weighted by Crippen LogP contribution is 2.31. The molecule has 0 aliphatic rings. The third-order valence-electron chi connectivity index (χ3n) is 6.10. The number of hydrogen-bond donors (Lipinski definition) is 2. The fraction of sp³-hybridized carbons (Fsp3) is 0.385. The lowest BCUT2D eigenvalue weighted by Gasteiger charge is -2.26. The van der Waals surface area contributed by atoms with Gasteiger partial charge in [0.15, 0.2) is 5.82 Å². The Labute approximate surface area is 241 Å². The first-order chi connectivity index (χ1) is 19.7. The smallest absolute Gasteiger partial charge is 0.357 e. The molecule has 1 unspecified atom stereocenters. The predicted octanol–water partition coefficient (Wildman–Crippen LogP) is 3.87. The minimum absolute atomic E-state index is 0.0263. The summed E-state index contributed by atoms with van der Waals surface area (Å²) < 4.78 is 80.5. The van der Waals surface area contributed by atoms with E-state index in [1.807, 2.05) is 0 Å². The minimum atomic E-state index is -4.64. The van der Waals surface area contributed by atoms with Crippen LogP contribution in [0.25, 0.3) is 11.4 Å². The third-order valence-corrected chi connectivity index (χ3v) is 6.36. The van der Waals surface area contributed by atoms with Crippen molar-refractivity contribution in [3.05, 3.63) is 75.2 Å². The molecule has 0 saturated carbocycles. The number of nitrogens with zero attached hydrogens (tertiary/aromatic N) is 4. The summed E-state index contributed by atoms with van der Waals surface area (Å²) in [5.41, 5.74) is -1.51. The molecular formula is C26H27ClF6N6O3. The summed E-state index contributed by atoms with van der Waals surface area (Å²) in [6.07, 6.45) is -10.0. The van der Waals surface area contributed by atoms with Crippen molar-refractivity contribution in [2.45, 2.75) is 37.9 Å². The van der Waals surface area contributed by atoms with E-state index in [-0.39, 0.29) is 30.0 Å². The molecule has 2 amide bonds. The molecule has 1 heterocycles. The maximum atomic E-state index is 13.4. The van der Waals surface area contributed by atoms with Crippen LogP contribution in [-0.4, -0.2) is 64.4 Å². The number of amides is 2. The molecule has 0 saturated heterocycles. The van der Waals surface area contributed by atoms with Gasteiger partial charge in [-0.1, -0.05) is 23.7 Å². The molecule has 3 rings (SSSR count). The Morgan fingerprint density at radius 3 is 2.43 bits per heavy atom. The molecule has 0 fully saturated rings. The zero-order valence-electron chi connectivity index (χ0n) is 22.2. The van der Waals surface area contributed by atoms with Crippen LogP contribution in [0.15, 0.2) is 53.3 Å². The molecule has 1 aromatic heterocycles. The van der Waals surface area contributed by atoms with Crippen LogP contribution in [0.3, 0.4) is 0 Å². The maximum absolute atomic E-state index is 13.4. The van der Waals surface area contributed by atoms with Crippen LogP contribution in [0.5, 0.6) is 0 Å². The zero-order valence-corrected chi connectivity index (χ0v) is 22.9. The Morgan fingerprint density at radius 2 is 1.81 bits per heavy atom. The molecule has 1 atom stereocenters. The molecule has 228 valence electrons. The van der Waals surface area contributed by atoms with E-state index in [9.17, 15) is 40.7 Å². The number of hydrogen-bond acceptors (Lipinski definition) is 5. The Morgan fingerprint density at radius 1 is 1.12 bits per heavy atom. The van der Waals surface area contributed by atoms with Gasteiger partial charge in [0.2, 0.25) is 12.3 Å². The molecule has 9 nitrogen and oxygen atoms in total. The van der Waals surface area contributed by atoms with Crippen LogP contribution in [0, 0.1) is 0 Å². The summed E-state index contributed by atoms with van der Waals surface area (Å²) in [5.74, 6) is -0.937. The number of alkyl halides is 6. The van der Waals surface area contributed by atoms with Gasteiger partial charge in [0, 0.05) is 36.8 Å². The SMILES string of the molecule is CN(CCNC=O)CC(NC(=O)Cn1nc(-c2ccc(Cl)cc2)n(CCC(F)(F)F)c1=O)c1cccc(C(F)(F)F)c1. The van der Waals surface area contributed by atoms with Crippen molar-refractivity contribution in [3.63, 3.8) is 0 Å². The highest BCUT2D eigenvalue weighted by atomic mass is 35.5. The molecule has 0 spiro atoms. The van der Waals surface area contributed by atoms with Gasteiger partial charge in [-0.05, 0) is 49.0 Å². The van der Waals surface area contributed by atoms with Gasteiger partial charge in [0.25, 0.3) is 0 Å². The van der Waals surface area contributed by atoms with Gasteiger partial charge in [-0.25, -0.2) is 9.48 Å². The summed E-state index contributed by atoms with van der Waals surface area (Å²) in [7, 11) is 1.63. The van der Waals surface area contributed by atoms with Crippen molar-refractivity contribution in [2.24, 2.45) is 0 Å². The highest BCUT2D eigenvalue weighted by molar-refractivity contribution is 6.30. The second-order valence-corrected chi connectivity index (χ2v) is 9.80. The largest absolute Gasteiger partial charge is 0.416 e. The van der Waals surface area contributed by atoms with E-state index in [1.54, 1.807) is 11.9 Å². The average Bonchev–Trinajstić information content (AvgIpc) is 3.21. The average molecular weight is 621 g/mol. The van der Waals surface area contributed by atoms with Crippen LogP contribution < -0.4 is 16.3 Å². The lowest BCUT2D eigenvalue weighted by molar-refractivity contribution is -0.138. The third kappa shape index (κ3) is 9.34. The molecule has 42 heavy (non-hydrogen) atoms. The molecule has 2 N–H and O–H groups in total. The van der Waals surface area contributed by atoms with Gasteiger partial charge in [-0.15, -0.1) is 5.10 Å². The first kappa shape index (κ1) is 32.7. The number of rotatable bonds is 13. The quantitative estimate of drug-likeness (QED) is 0.172. The second kappa shape index (κ2) is 13.9. The standard InChI is InChI=1S/C26H27ClF6N6O3/c1-37(12-10-34-16-40)14-21(18-3-2-4-19(13-18)26(31,32)33)35-22(41)15-39-24(42)38(11-9-25(28,29)30)23(36-39)17-5-7-20(27)8-6-17/h2-8,13,16,21H,9-12,14-15H2,1H3,(H,34,40)(H,35,41). The van der Waals surface area contributed by atoms with Crippen LogP contribution in [0.2, 0.25) is 5.02 Å². The van der Waals surface area contributed by atoms with Crippen molar-refractivity contribution >= 4 is 23.9 Å². The number of benzene rings is 2. The summed E-state index contributed by atoms with van der Waals surface area (Å²) >= 11 is 5.89. The Bertz CT molecular complexity index is 1420. The van der Waals surface area contributed by atoms with E-state index >= 15 is 0 Å². The molecule has 0 aliphatic carbocycles. The lowest BCUT2D eigenvalue weighted by atomic mass is 10.0. The number of likely N-dealkylation sites (N-methyl/N-ethyl adjacent to an activating group) is 1. The van der Waals surface area contributed by atoms with Gasteiger partial charge in [0.05, 0.1) is 18.0 Å². The van der Waals surface area contributed by atoms with Crippen LogP contribution in [-0.2, 0) is 28.9 Å². The van der Waals surface area contributed by atoms with Crippen LogP contribution in [0.1, 0.15) is 23.6 Å². The molecule has 0 aliphatic heterocycles.